The van der Waals surface area contributed by atoms with Gasteiger partial charge in [-0.15, -0.1) is 0 Å². The molecule has 2 aromatic rings. The van der Waals surface area contributed by atoms with Gasteiger partial charge in [0.25, 0.3) is 0 Å². The van der Waals surface area contributed by atoms with Crippen LogP contribution in [-0.4, -0.2) is 17.3 Å². The molecule has 0 fully saturated rings. The van der Waals surface area contributed by atoms with Crippen molar-refractivity contribution in [2.24, 2.45) is 0 Å². The van der Waals surface area contributed by atoms with Gasteiger partial charge in [-0.05, 0) is 49.2 Å². The molecule has 3 heteroatoms. The molecule has 0 aliphatic carbocycles. The Bertz CT molecular complexity index is 602. The average molecular weight is 238 g/mol. The Morgan fingerprint density at radius 1 is 1.22 bits per heavy atom. The normalized spacial score (nSPS) is 12.9. The number of nitrogens with zero attached hydrogens (tertiary/aromatic N) is 1. The number of hydrogen-bond acceptors (Lipinski definition) is 3. The zero-order chi connectivity index (χ0) is 12.5. The summed E-state index contributed by atoms with van der Waals surface area (Å²) in [5, 5.41) is 3.29. The smallest absolute Gasteiger partial charge is 0.194 e. The molecule has 90 valence electrons. The van der Waals surface area contributed by atoms with Crippen molar-refractivity contribution in [2.75, 3.05) is 11.9 Å². The number of ketones is 1. The van der Waals surface area contributed by atoms with E-state index in [0.29, 0.717) is 5.56 Å². The van der Waals surface area contributed by atoms with E-state index in [1.165, 1.54) is 5.56 Å². The first-order chi connectivity index (χ1) is 8.74. The molecule has 0 radical (unpaired) electrons. The largest absolute Gasteiger partial charge is 0.384 e. The molecule has 0 bridgehead atoms. The number of aromatic nitrogens is 1. The molecule has 1 N–H and O–H groups in total. The van der Waals surface area contributed by atoms with Crippen LogP contribution in [0, 0.1) is 6.92 Å². The van der Waals surface area contributed by atoms with Crippen LogP contribution >= 0.6 is 0 Å². The van der Waals surface area contributed by atoms with Crippen molar-refractivity contribution in [3.63, 3.8) is 0 Å². The topological polar surface area (TPSA) is 42.0 Å². The van der Waals surface area contributed by atoms with Gasteiger partial charge in [0.1, 0.15) is 0 Å². The Hall–Kier alpha value is -2.16. The van der Waals surface area contributed by atoms with Gasteiger partial charge in [-0.25, -0.2) is 0 Å². The highest BCUT2D eigenvalue weighted by Crippen LogP contribution is 2.24. The van der Waals surface area contributed by atoms with E-state index in [1.807, 2.05) is 37.3 Å². The molecule has 0 atom stereocenters. The second-order valence-corrected chi connectivity index (χ2v) is 4.57. The Labute approximate surface area is 106 Å². The summed E-state index contributed by atoms with van der Waals surface area (Å²) >= 11 is 0. The zero-order valence-electron chi connectivity index (χ0n) is 10.2. The SMILES string of the molecule is Cc1ccc(C(=O)c2ccc3c(c2)CCN3)cn1. The maximum Gasteiger partial charge on any atom is 0.194 e. The third-order valence-electron chi connectivity index (χ3n) is 3.25. The number of carbonyl (C=O) groups excluding carboxylic acids is 1. The van der Waals surface area contributed by atoms with E-state index in [9.17, 15) is 4.79 Å². The highest BCUT2D eigenvalue weighted by molar-refractivity contribution is 6.09. The van der Waals surface area contributed by atoms with Gasteiger partial charge in [-0.1, -0.05) is 0 Å². The van der Waals surface area contributed by atoms with Crippen molar-refractivity contribution in [1.29, 1.82) is 0 Å². The molecular formula is C15H14N2O. The molecule has 1 aliphatic rings. The number of pyridine rings is 1. The van der Waals surface area contributed by atoms with Crippen molar-refractivity contribution in [3.8, 4) is 0 Å². The van der Waals surface area contributed by atoms with Gasteiger partial charge in [0.15, 0.2) is 5.78 Å². The standard InChI is InChI=1S/C15H14N2O/c1-10-2-3-13(9-17-10)15(18)12-4-5-14-11(8-12)6-7-16-14/h2-5,8-9,16H,6-7H2,1H3. The lowest BCUT2D eigenvalue weighted by Crippen LogP contribution is -2.02. The Balaban J connectivity index is 1.95. The van der Waals surface area contributed by atoms with E-state index in [0.717, 1.165) is 29.9 Å². The summed E-state index contributed by atoms with van der Waals surface area (Å²) in [4.78, 5) is 16.5. The number of nitrogens with one attached hydrogen (secondary N) is 1. The zero-order valence-corrected chi connectivity index (χ0v) is 10.2. The number of carbonyl (C=O) groups is 1. The molecule has 1 aromatic heterocycles. The van der Waals surface area contributed by atoms with Gasteiger partial charge < -0.3 is 5.32 Å². The fourth-order valence-electron chi connectivity index (χ4n) is 2.21. The van der Waals surface area contributed by atoms with Crippen molar-refractivity contribution in [3.05, 3.63) is 58.9 Å². The third kappa shape index (κ3) is 1.88. The summed E-state index contributed by atoms with van der Waals surface area (Å²) < 4.78 is 0. The van der Waals surface area contributed by atoms with Crippen LogP contribution in [0.1, 0.15) is 27.2 Å². The molecule has 0 spiro atoms. The number of fused-ring (bicyclic) bond motifs is 1. The van der Waals surface area contributed by atoms with E-state index in [4.69, 9.17) is 0 Å². The summed E-state index contributed by atoms with van der Waals surface area (Å²) in [7, 11) is 0. The van der Waals surface area contributed by atoms with Crippen molar-refractivity contribution >= 4 is 11.5 Å². The first-order valence-electron chi connectivity index (χ1n) is 6.08. The Morgan fingerprint density at radius 2 is 2.06 bits per heavy atom. The van der Waals surface area contributed by atoms with Crippen LogP contribution < -0.4 is 5.32 Å². The van der Waals surface area contributed by atoms with Gasteiger partial charge in [0.2, 0.25) is 0 Å². The van der Waals surface area contributed by atoms with Crippen LogP contribution in [0.25, 0.3) is 0 Å². The minimum atomic E-state index is 0.0391. The first-order valence-corrected chi connectivity index (χ1v) is 6.08. The molecule has 0 saturated carbocycles. The van der Waals surface area contributed by atoms with Crippen molar-refractivity contribution in [2.45, 2.75) is 13.3 Å². The van der Waals surface area contributed by atoms with Gasteiger partial charge in [0.05, 0.1) is 0 Å². The monoisotopic (exact) mass is 238 g/mol. The van der Waals surface area contributed by atoms with Crippen LogP contribution in [0.2, 0.25) is 0 Å². The number of aryl methyl sites for hydroxylation is 1. The summed E-state index contributed by atoms with van der Waals surface area (Å²) in [5.41, 5.74) is 4.67. The van der Waals surface area contributed by atoms with Crippen LogP contribution in [-0.2, 0) is 6.42 Å². The van der Waals surface area contributed by atoms with Crippen LogP contribution in [0.4, 0.5) is 5.69 Å². The molecule has 0 saturated heterocycles. The highest BCUT2D eigenvalue weighted by atomic mass is 16.1. The molecule has 3 rings (SSSR count). The summed E-state index contributed by atoms with van der Waals surface area (Å²) in [6.45, 7) is 2.87. The number of anilines is 1. The Morgan fingerprint density at radius 3 is 2.83 bits per heavy atom. The van der Waals surface area contributed by atoms with E-state index in [2.05, 4.69) is 10.3 Å². The summed E-state index contributed by atoms with van der Waals surface area (Å²) in [6, 6.07) is 9.53. The van der Waals surface area contributed by atoms with E-state index >= 15 is 0 Å². The molecule has 1 aromatic carbocycles. The molecular weight excluding hydrogens is 224 g/mol. The predicted octanol–water partition coefficient (Wildman–Crippen LogP) is 2.59. The number of rotatable bonds is 2. The number of hydrogen-bond donors (Lipinski definition) is 1. The lowest BCUT2D eigenvalue weighted by Gasteiger charge is -2.04. The minimum absolute atomic E-state index is 0.0391. The lowest BCUT2D eigenvalue weighted by atomic mass is 10.0. The second-order valence-electron chi connectivity index (χ2n) is 4.57. The van der Waals surface area contributed by atoms with Gasteiger partial charge in [-0.3, -0.25) is 9.78 Å². The fraction of sp³-hybridized carbons (Fsp3) is 0.200. The van der Waals surface area contributed by atoms with Gasteiger partial charge in [0, 0.05) is 35.2 Å². The average Bonchev–Trinajstić information content (AvgIpc) is 2.86. The fourth-order valence-corrected chi connectivity index (χ4v) is 2.21. The lowest BCUT2D eigenvalue weighted by molar-refractivity contribution is 0.103. The maximum absolute atomic E-state index is 12.3. The molecule has 0 amide bonds. The van der Waals surface area contributed by atoms with Gasteiger partial charge in [-0.2, -0.15) is 0 Å². The van der Waals surface area contributed by atoms with E-state index < -0.39 is 0 Å². The van der Waals surface area contributed by atoms with E-state index in [-0.39, 0.29) is 5.78 Å². The predicted molar refractivity (Wildman–Crippen MR) is 71.0 cm³/mol. The molecule has 3 nitrogen and oxygen atoms in total. The number of benzene rings is 1. The highest BCUT2D eigenvalue weighted by Gasteiger charge is 2.14. The molecule has 2 heterocycles. The molecule has 18 heavy (non-hydrogen) atoms. The van der Waals surface area contributed by atoms with Crippen molar-refractivity contribution < 1.29 is 4.79 Å². The van der Waals surface area contributed by atoms with Gasteiger partial charge >= 0.3 is 0 Å². The van der Waals surface area contributed by atoms with Crippen LogP contribution in [0.15, 0.2) is 36.5 Å². The summed E-state index contributed by atoms with van der Waals surface area (Å²) in [5.74, 6) is 0.0391. The molecule has 1 aliphatic heterocycles. The van der Waals surface area contributed by atoms with Crippen molar-refractivity contribution in [1.82, 2.24) is 4.98 Å². The quantitative estimate of drug-likeness (QED) is 0.818. The maximum atomic E-state index is 12.3. The Kier molecular flexibility index (Phi) is 2.59. The third-order valence-corrected chi connectivity index (χ3v) is 3.25. The second kappa shape index (κ2) is 4.26. The molecule has 0 unspecified atom stereocenters. The first kappa shape index (κ1) is 11.0. The van der Waals surface area contributed by atoms with Crippen LogP contribution in [0.3, 0.4) is 0 Å². The van der Waals surface area contributed by atoms with Crippen LogP contribution in [0.5, 0.6) is 0 Å². The minimum Gasteiger partial charge on any atom is -0.384 e. The van der Waals surface area contributed by atoms with E-state index in [1.54, 1.807) is 6.20 Å². The summed E-state index contributed by atoms with van der Waals surface area (Å²) in [6.07, 6.45) is 2.63.